The highest BCUT2D eigenvalue weighted by atomic mass is 32.2. The minimum Gasteiger partial charge on any atom is -0.383 e. The summed E-state index contributed by atoms with van der Waals surface area (Å²) < 4.78 is 28.3. The predicted octanol–water partition coefficient (Wildman–Crippen LogP) is 3.37. The molecule has 0 unspecified atom stereocenters. The van der Waals surface area contributed by atoms with Crippen LogP contribution in [0.2, 0.25) is 0 Å². The minimum absolute atomic E-state index is 0.108. The van der Waals surface area contributed by atoms with E-state index in [0.717, 1.165) is 35.9 Å². The van der Waals surface area contributed by atoms with Crippen LogP contribution in [0, 0.1) is 11.6 Å². The van der Waals surface area contributed by atoms with Crippen LogP contribution in [-0.2, 0) is 11.3 Å². The van der Waals surface area contributed by atoms with Crippen LogP contribution in [0.25, 0.3) is 0 Å². The molecule has 7 nitrogen and oxygen atoms in total. The zero-order valence-corrected chi connectivity index (χ0v) is 18.8. The molecule has 3 rings (SSSR count). The summed E-state index contributed by atoms with van der Waals surface area (Å²) in [6, 6.07) is 12.2. The Morgan fingerprint density at radius 1 is 1.15 bits per heavy atom. The smallest absolute Gasteiger partial charge is 0.330 e. The SMILES string of the molecule is CCCCN(C(=O)CSc1ccc(F)cc1F)c1c(N)n(Cc2ccccc2)c(=O)[nH]c1=O. The number of thioether (sulfide) groups is 1. The van der Waals surface area contributed by atoms with Crippen molar-refractivity contribution < 1.29 is 13.6 Å². The molecule has 0 fully saturated rings. The number of carbonyl (C=O) groups is 1. The maximum absolute atomic E-state index is 14.0. The molecule has 1 amide bonds. The Balaban J connectivity index is 1.93. The van der Waals surface area contributed by atoms with Crippen LogP contribution in [0.1, 0.15) is 25.3 Å². The van der Waals surface area contributed by atoms with Crippen molar-refractivity contribution in [3.05, 3.63) is 86.6 Å². The maximum Gasteiger partial charge on any atom is 0.330 e. The van der Waals surface area contributed by atoms with Gasteiger partial charge < -0.3 is 10.6 Å². The van der Waals surface area contributed by atoms with Crippen molar-refractivity contribution in [2.75, 3.05) is 22.9 Å². The van der Waals surface area contributed by atoms with E-state index in [1.165, 1.54) is 15.5 Å². The number of nitrogens with two attached hydrogens (primary N) is 1. The number of anilines is 2. The molecule has 0 aliphatic rings. The van der Waals surface area contributed by atoms with Crippen LogP contribution in [0.3, 0.4) is 0 Å². The molecule has 174 valence electrons. The van der Waals surface area contributed by atoms with Gasteiger partial charge in [0.25, 0.3) is 5.56 Å². The number of aromatic amines is 1. The second kappa shape index (κ2) is 11.0. The highest BCUT2D eigenvalue weighted by Gasteiger charge is 2.24. The maximum atomic E-state index is 14.0. The standard InChI is InChI=1S/C23H24F2N4O3S/c1-2-3-11-28(19(30)14-33-18-10-9-16(24)12-17(18)25)20-21(26)29(23(32)27-22(20)31)13-15-7-5-4-6-8-15/h4-10,12H,2-3,11,13-14,26H2,1H3,(H,27,31,32). The summed E-state index contributed by atoms with van der Waals surface area (Å²) in [5.41, 5.74) is 5.44. The van der Waals surface area contributed by atoms with E-state index in [1.807, 2.05) is 37.3 Å². The van der Waals surface area contributed by atoms with E-state index in [2.05, 4.69) is 4.98 Å². The van der Waals surface area contributed by atoms with Gasteiger partial charge in [-0.2, -0.15) is 0 Å². The Morgan fingerprint density at radius 2 is 1.88 bits per heavy atom. The number of halogens is 2. The van der Waals surface area contributed by atoms with E-state index in [1.54, 1.807) is 0 Å². The third-order valence-corrected chi connectivity index (χ3v) is 5.98. The monoisotopic (exact) mass is 474 g/mol. The third-order valence-electron chi connectivity index (χ3n) is 4.95. The molecule has 2 aromatic carbocycles. The predicted molar refractivity (Wildman–Crippen MR) is 126 cm³/mol. The molecule has 0 aliphatic heterocycles. The first-order valence-corrected chi connectivity index (χ1v) is 11.3. The van der Waals surface area contributed by atoms with Gasteiger partial charge in [0.05, 0.1) is 12.3 Å². The van der Waals surface area contributed by atoms with Crippen LogP contribution in [0.5, 0.6) is 0 Å². The lowest BCUT2D eigenvalue weighted by Gasteiger charge is -2.24. The lowest BCUT2D eigenvalue weighted by atomic mass is 10.2. The van der Waals surface area contributed by atoms with E-state index >= 15 is 0 Å². The average Bonchev–Trinajstić information content (AvgIpc) is 2.78. The second-order valence-corrected chi connectivity index (χ2v) is 8.34. The number of rotatable bonds is 9. The van der Waals surface area contributed by atoms with Crippen molar-refractivity contribution in [2.45, 2.75) is 31.2 Å². The summed E-state index contributed by atoms with van der Waals surface area (Å²) >= 11 is 0.888. The Hall–Kier alpha value is -3.40. The highest BCUT2D eigenvalue weighted by molar-refractivity contribution is 8.00. The Morgan fingerprint density at radius 3 is 2.55 bits per heavy atom. The molecular formula is C23H24F2N4O3S. The van der Waals surface area contributed by atoms with Gasteiger partial charge in [0.1, 0.15) is 17.5 Å². The molecule has 0 saturated heterocycles. The number of benzene rings is 2. The van der Waals surface area contributed by atoms with Crippen LogP contribution < -0.4 is 21.9 Å². The molecule has 3 N–H and O–H groups in total. The summed E-state index contributed by atoms with van der Waals surface area (Å²) in [6.07, 6.45) is 1.32. The zero-order chi connectivity index (χ0) is 24.0. The third kappa shape index (κ3) is 5.89. The summed E-state index contributed by atoms with van der Waals surface area (Å²) in [5, 5.41) is 0. The van der Waals surface area contributed by atoms with Crippen molar-refractivity contribution in [3.8, 4) is 0 Å². The van der Waals surface area contributed by atoms with Crippen LogP contribution in [-0.4, -0.2) is 27.8 Å². The van der Waals surface area contributed by atoms with Gasteiger partial charge in [0.15, 0.2) is 5.69 Å². The zero-order valence-electron chi connectivity index (χ0n) is 18.0. The van der Waals surface area contributed by atoms with Gasteiger partial charge in [-0.1, -0.05) is 43.7 Å². The van der Waals surface area contributed by atoms with Gasteiger partial charge in [0, 0.05) is 17.5 Å². The van der Waals surface area contributed by atoms with E-state index in [-0.39, 0.29) is 35.2 Å². The first kappa shape index (κ1) is 24.2. The largest absolute Gasteiger partial charge is 0.383 e. The first-order chi connectivity index (χ1) is 15.8. The van der Waals surface area contributed by atoms with E-state index in [0.29, 0.717) is 6.42 Å². The molecule has 3 aromatic rings. The normalized spacial score (nSPS) is 10.9. The van der Waals surface area contributed by atoms with E-state index in [4.69, 9.17) is 5.73 Å². The molecule has 1 heterocycles. The van der Waals surface area contributed by atoms with Crippen LogP contribution in [0.15, 0.2) is 63.0 Å². The molecule has 0 bridgehead atoms. The molecule has 33 heavy (non-hydrogen) atoms. The molecule has 1 aromatic heterocycles. The Bertz CT molecular complexity index is 1240. The quantitative estimate of drug-likeness (QED) is 0.463. The number of nitrogens with zero attached hydrogens (tertiary/aromatic N) is 2. The summed E-state index contributed by atoms with van der Waals surface area (Å²) in [6.45, 7) is 2.23. The van der Waals surface area contributed by atoms with E-state index < -0.39 is 28.8 Å². The number of hydrogen-bond donors (Lipinski definition) is 2. The summed E-state index contributed by atoms with van der Waals surface area (Å²) in [4.78, 5) is 41.8. The van der Waals surface area contributed by atoms with Gasteiger partial charge >= 0.3 is 5.69 Å². The number of H-pyrrole nitrogens is 1. The number of unbranched alkanes of at least 4 members (excludes halogenated alkanes) is 1. The number of nitrogens with one attached hydrogen (secondary N) is 1. The topological polar surface area (TPSA) is 101 Å². The molecular weight excluding hydrogens is 450 g/mol. The van der Waals surface area contributed by atoms with Crippen LogP contribution >= 0.6 is 11.8 Å². The molecule has 0 aliphatic carbocycles. The first-order valence-electron chi connectivity index (χ1n) is 10.4. The van der Waals surface area contributed by atoms with Gasteiger partial charge in [-0.05, 0) is 24.1 Å². The average molecular weight is 475 g/mol. The van der Waals surface area contributed by atoms with Gasteiger partial charge in [-0.25, -0.2) is 13.6 Å². The minimum atomic E-state index is -0.776. The van der Waals surface area contributed by atoms with Crippen molar-refractivity contribution in [3.63, 3.8) is 0 Å². The van der Waals surface area contributed by atoms with Gasteiger partial charge in [0.2, 0.25) is 5.91 Å². The van der Waals surface area contributed by atoms with Crippen molar-refractivity contribution >= 4 is 29.2 Å². The molecule has 0 atom stereocenters. The summed E-state index contributed by atoms with van der Waals surface area (Å²) in [5.74, 6) is -2.31. The number of hydrogen-bond acceptors (Lipinski definition) is 5. The lowest BCUT2D eigenvalue weighted by Crippen LogP contribution is -2.42. The molecule has 0 radical (unpaired) electrons. The fourth-order valence-electron chi connectivity index (χ4n) is 3.25. The van der Waals surface area contributed by atoms with Crippen molar-refractivity contribution in [2.24, 2.45) is 0 Å². The number of aromatic nitrogens is 2. The van der Waals surface area contributed by atoms with Crippen molar-refractivity contribution in [1.29, 1.82) is 0 Å². The molecule has 10 heteroatoms. The van der Waals surface area contributed by atoms with Crippen LogP contribution in [0.4, 0.5) is 20.3 Å². The number of carbonyl (C=O) groups excluding carboxylic acids is 1. The Labute approximate surface area is 193 Å². The van der Waals surface area contributed by atoms with Crippen molar-refractivity contribution in [1.82, 2.24) is 9.55 Å². The second-order valence-electron chi connectivity index (χ2n) is 7.33. The highest BCUT2D eigenvalue weighted by Crippen LogP contribution is 2.25. The number of nitrogen functional groups attached to an aromatic ring is 1. The van der Waals surface area contributed by atoms with Gasteiger partial charge in [-0.3, -0.25) is 19.1 Å². The fraction of sp³-hybridized carbons (Fsp3) is 0.261. The summed E-state index contributed by atoms with van der Waals surface area (Å²) in [7, 11) is 0. The Kier molecular flexibility index (Phi) is 8.05. The lowest BCUT2D eigenvalue weighted by molar-refractivity contribution is -0.116. The fourth-order valence-corrected chi connectivity index (χ4v) is 4.04. The van der Waals surface area contributed by atoms with Gasteiger partial charge in [-0.15, -0.1) is 11.8 Å². The molecule has 0 saturated carbocycles. The van der Waals surface area contributed by atoms with E-state index in [9.17, 15) is 23.2 Å². The molecule has 0 spiro atoms. The number of amides is 1.